The van der Waals surface area contributed by atoms with Gasteiger partial charge in [0, 0.05) is 12.7 Å². The van der Waals surface area contributed by atoms with E-state index in [2.05, 4.69) is 10.9 Å². The van der Waals surface area contributed by atoms with Crippen molar-refractivity contribution in [2.45, 2.75) is 0 Å². The molecule has 2 N–H and O–H groups in total. The van der Waals surface area contributed by atoms with Crippen molar-refractivity contribution in [1.29, 1.82) is 0 Å². The summed E-state index contributed by atoms with van der Waals surface area (Å²) in [4.78, 5) is 24.6. The van der Waals surface area contributed by atoms with E-state index in [1.54, 1.807) is 37.4 Å². The molecular weight excluding hydrogens is 396 g/mol. The zero-order valence-electron chi connectivity index (χ0n) is 17.2. The van der Waals surface area contributed by atoms with Crippen molar-refractivity contribution in [3.8, 4) is 22.6 Å². The number of hydrogen-bond donors (Lipinski definition) is 2. The Hall–Kier alpha value is -3.84. The van der Waals surface area contributed by atoms with Crippen molar-refractivity contribution >= 4 is 11.8 Å². The largest absolute Gasteiger partial charge is 0.490 e. The van der Waals surface area contributed by atoms with Gasteiger partial charge in [-0.1, -0.05) is 60.7 Å². The van der Waals surface area contributed by atoms with Crippen LogP contribution in [0.4, 0.5) is 0 Å². The predicted molar refractivity (Wildman–Crippen MR) is 117 cm³/mol. The fourth-order valence-electron chi connectivity index (χ4n) is 2.84. The first-order chi connectivity index (χ1) is 15.2. The van der Waals surface area contributed by atoms with E-state index in [1.165, 1.54) is 0 Å². The third kappa shape index (κ3) is 6.32. The van der Waals surface area contributed by atoms with Crippen LogP contribution in [0.3, 0.4) is 0 Å². The molecule has 0 aliphatic carbocycles. The number of hydrazine groups is 1. The maximum absolute atomic E-state index is 12.4. The van der Waals surface area contributed by atoms with Crippen molar-refractivity contribution in [1.82, 2.24) is 10.9 Å². The molecule has 31 heavy (non-hydrogen) atoms. The van der Waals surface area contributed by atoms with Crippen LogP contribution in [0, 0.1) is 0 Å². The van der Waals surface area contributed by atoms with E-state index in [0.717, 1.165) is 11.1 Å². The Morgan fingerprint density at radius 3 is 2.19 bits per heavy atom. The van der Waals surface area contributed by atoms with Gasteiger partial charge in [0.2, 0.25) is 0 Å². The molecule has 0 bridgehead atoms. The highest BCUT2D eigenvalue weighted by atomic mass is 16.5. The molecule has 3 aromatic carbocycles. The number of carbonyl (C=O) groups is 2. The summed E-state index contributed by atoms with van der Waals surface area (Å²) in [5.74, 6) is -0.00791. The number of ether oxygens (including phenoxy) is 3. The first kappa shape index (κ1) is 21.9. The minimum Gasteiger partial charge on any atom is -0.490 e. The highest BCUT2D eigenvalue weighted by Crippen LogP contribution is 2.29. The normalized spacial score (nSPS) is 10.2. The second-order valence-corrected chi connectivity index (χ2v) is 6.49. The van der Waals surface area contributed by atoms with Gasteiger partial charge >= 0.3 is 0 Å². The molecule has 7 nitrogen and oxygen atoms in total. The molecule has 0 aliphatic heterocycles. The molecule has 0 aromatic heterocycles. The third-order valence-electron chi connectivity index (χ3n) is 4.32. The number of hydrogen-bond acceptors (Lipinski definition) is 5. The Kier molecular flexibility index (Phi) is 8.02. The Morgan fingerprint density at radius 2 is 1.42 bits per heavy atom. The summed E-state index contributed by atoms with van der Waals surface area (Å²) in [5, 5.41) is 0. The Morgan fingerprint density at radius 1 is 0.742 bits per heavy atom. The highest BCUT2D eigenvalue weighted by molar-refractivity contribution is 5.97. The zero-order valence-corrected chi connectivity index (χ0v) is 17.2. The van der Waals surface area contributed by atoms with Gasteiger partial charge in [-0.2, -0.15) is 0 Å². The lowest BCUT2D eigenvalue weighted by atomic mass is 10.1. The molecule has 2 amide bonds. The second kappa shape index (κ2) is 11.4. The molecule has 0 heterocycles. The number of carbonyl (C=O) groups excluding carboxylic acids is 2. The molecular formula is C24H24N2O5. The van der Waals surface area contributed by atoms with Gasteiger partial charge in [-0.25, -0.2) is 0 Å². The molecule has 0 unspecified atom stereocenters. The molecule has 0 fully saturated rings. The van der Waals surface area contributed by atoms with E-state index >= 15 is 0 Å². The van der Waals surface area contributed by atoms with Crippen molar-refractivity contribution in [2.24, 2.45) is 0 Å². The van der Waals surface area contributed by atoms with Gasteiger partial charge in [0.15, 0.2) is 6.61 Å². The van der Waals surface area contributed by atoms with Crippen LogP contribution >= 0.6 is 0 Å². The van der Waals surface area contributed by atoms with Crippen LogP contribution in [-0.2, 0) is 9.53 Å². The summed E-state index contributed by atoms with van der Waals surface area (Å²) in [6.45, 7) is 0.451. The summed E-state index contributed by atoms with van der Waals surface area (Å²) in [6, 6.07) is 23.9. The molecule has 7 heteroatoms. The Bertz CT molecular complexity index is 1010. The van der Waals surface area contributed by atoms with Gasteiger partial charge in [0.1, 0.15) is 18.1 Å². The Labute approximate surface area is 180 Å². The van der Waals surface area contributed by atoms with E-state index in [0.29, 0.717) is 30.3 Å². The summed E-state index contributed by atoms with van der Waals surface area (Å²) in [7, 11) is 1.57. The molecule has 0 saturated carbocycles. The van der Waals surface area contributed by atoms with Gasteiger partial charge in [-0.15, -0.1) is 0 Å². The van der Waals surface area contributed by atoms with Gasteiger partial charge < -0.3 is 14.2 Å². The fourth-order valence-corrected chi connectivity index (χ4v) is 2.84. The van der Waals surface area contributed by atoms with E-state index in [4.69, 9.17) is 14.2 Å². The average Bonchev–Trinajstić information content (AvgIpc) is 2.82. The van der Waals surface area contributed by atoms with E-state index in [9.17, 15) is 9.59 Å². The van der Waals surface area contributed by atoms with Crippen LogP contribution < -0.4 is 20.3 Å². The molecule has 160 valence electrons. The quantitative estimate of drug-likeness (QED) is 0.410. The summed E-state index contributed by atoms with van der Waals surface area (Å²) < 4.78 is 16.2. The van der Waals surface area contributed by atoms with Crippen LogP contribution in [0.25, 0.3) is 11.1 Å². The predicted octanol–water partition coefficient (Wildman–Crippen LogP) is 3.22. The van der Waals surface area contributed by atoms with Gasteiger partial charge in [0.05, 0.1) is 12.2 Å². The molecule has 0 saturated heterocycles. The van der Waals surface area contributed by atoms with E-state index in [-0.39, 0.29) is 6.61 Å². The molecule has 0 aliphatic rings. The van der Waals surface area contributed by atoms with Crippen molar-refractivity contribution < 1.29 is 23.8 Å². The van der Waals surface area contributed by atoms with Crippen LogP contribution in [0.1, 0.15) is 10.4 Å². The second-order valence-electron chi connectivity index (χ2n) is 6.49. The lowest BCUT2D eigenvalue weighted by molar-refractivity contribution is -0.123. The highest BCUT2D eigenvalue weighted by Gasteiger charge is 2.14. The lowest BCUT2D eigenvalue weighted by Crippen LogP contribution is -2.44. The Balaban J connectivity index is 1.55. The number of methoxy groups -OCH3 is 1. The monoisotopic (exact) mass is 420 g/mol. The summed E-state index contributed by atoms with van der Waals surface area (Å²) in [5.41, 5.74) is 6.90. The number of nitrogens with one attached hydrogen (secondary N) is 2. The molecule has 0 radical (unpaired) electrons. The van der Waals surface area contributed by atoms with E-state index in [1.807, 2.05) is 48.5 Å². The minimum absolute atomic E-state index is 0.254. The average molecular weight is 420 g/mol. The maximum Gasteiger partial charge on any atom is 0.276 e. The van der Waals surface area contributed by atoms with Crippen molar-refractivity contribution in [3.63, 3.8) is 0 Å². The third-order valence-corrected chi connectivity index (χ3v) is 4.32. The van der Waals surface area contributed by atoms with Crippen LogP contribution in [0.15, 0.2) is 78.9 Å². The number of para-hydroxylation sites is 2. The van der Waals surface area contributed by atoms with Gasteiger partial charge in [-0.05, 0) is 23.8 Å². The van der Waals surface area contributed by atoms with E-state index < -0.39 is 11.8 Å². The van der Waals surface area contributed by atoms with Crippen LogP contribution in [-0.4, -0.2) is 38.7 Å². The van der Waals surface area contributed by atoms with Crippen LogP contribution in [0.2, 0.25) is 0 Å². The van der Waals surface area contributed by atoms with Crippen molar-refractivity contribution in [2.75, 3.05) is 26.9 Å². The number of rotatable bonds is 9. The van der Waals surface area contributed by atoms with Crippen molar-refractivity contribution in [3.05, 3.63) is 84.4 Å². The number of benzene rings is 3. The number of amides is 2. The molecule has 0 spiro atoms. The summed E-state index contributed by atoms with van der Waals surface area (Å²) in [6.07, 6.45) is 0. The van der Waals surface area contributed by atoms with Gasteiger partial charge in [0.25, 0.3) is 11.8 Å². The first-order valence-electron chi connectivity index (χ1n) is 9.76. The topological polar surface area (TPSA) is 85.9 Å². The lowest BCUT2D eigenvalue weighted by Gasteiger charge is -2.13. The zero-order chi connectivity index (χ0) is 21.9. The smallest absolute Gasteiger partial charge is 0.276 e. The van der Waals surface area contributed by atoms with Gasteiger partial charge in [-0.3, -0.25) is 20.4 Å². The van der Waals surface area contributed by atoms with Crippen LogP contribution in [0.5, 0.6) is 11.5 Å². The summed E-state index contributed by atoms with van der Waals surface area (Å²) >= 11 is 0. The standard InChI is InChI=1S/C24H24N2O5/c1-29-15-16-30-22-14-8-6-12-20(22)24(28)26-25-23(27)17-31-21-13-7-5-11-19(21)18-9-3-2-4-10-18/h2-14H,15-17H2,1H3,(H,25,27)(H,26,28). The maximum atomic E-state index is 12.4. The minimum atomic E-state index is -0.494. The molecule has 3 aromatic rings. The molecule has 3 rings (SSSR count). The SMILES string of the molecule is COCCOc1ccccc1C(=O)NNC(=O)COc1ccccc1-c1ccccc1. The molecule has 0 atom stereocenters. The fraction of sp³-hybridized carbons (Fsp3) is 0.167. The first-order valence-corrected chi connectivity index (χ1v) is 9.76.